The summed E-state index contributed by atoms with van der Waals surface area (Å²) in [5.74, 6) is 2.02. The highest BCUT2D eigenvalue weighted by Gasteiger charge is 2.54. The molecule has 2 bridgehead atoms. The van der Waals surface area contributed by atoms with E-state index in [0.717, 1.165) is 21.4 Å². The highest BCUT2D eigenvalue weighted by Crippen LogP contribution is 2.63. The Kier molecular flexibility index (Phi) is 3.19. The highest BCUT2D eigenvalue weighted by molar-refractivity contribution is 8.00. The number of H-pyrrole nitrogens is 1. The van der Waals surface area contributed by atoms with Crippen molar-refractivity contribution in [2.45, 2.75) is 35.5 Å². The maximum Gasteiger partial charge on any atom is 0.305 e. The Bertz CT molecular complexity index is 890. The molecule has 0 unspecified atom stereocenters. The number of rotatable bonds is 2. The number of aromatic nitrogens is 1. The Labute approximate surface area is 146 Å². The smallest absolute Gasteiger partial charge is 0.305 e. The van der Waals surface area contributed by atoms with Crippen LogP contribution in [0.3, 0.4) is 0 Å². The minimum atomic E-state index is -0.333. The van der Waals surface area contributed by atoms with Crippen molar-refractivity contribution in [1.82, 2.24) is 4.98 Å². The number of nitrogens with one attached hydrogen (secondary N) is 1. The first-order chi connectivity index (χ1) is 11.6. The van der Waals surface area contributed by atoms with E-state index in [9.17, 15) is 14.9 Å². The topological polar surface area (TPSA) is 76.0 Å². The van der Waals surface area contributed by atoms with E-state index < -0.39 is 0 Å². The molecule has 1 aromatic heterocycles. The zero-order valence-electron chi connectivity index (χ0n) is 12.8. The van der Waals surface area contributed by atoms with E-state index >= 15 is 0 Å². The molecular formula is C17H16N2O3S2. The van der Waals surface area contributed by atoms with Crippen LogP contribution < -0.4 is 4.87 Å². The van der Waals surface area contributed by atoms with E-state index in [1.54, 1.807) is 18.2 Å². The van der Waals surface area contributed by atoms with Gasteiger partial charge in [0, 0.05) is 28.2 Å². The molecule has 5 rings (SSSR count). The monoisotopic (exact) mass is 360 g/mol. The van der Waals surface area contributed by atoms with Crippen LogP contribution in [0.2, 0.25) is 0 Å². The van der Waals surface area contributed by atoms with Gasteiger partial charge in [0.15, 0.2) is 0 Å². The fourth-order valence-corrected chi connectivity index (χ4v) is 7.95. The molecule has 1 aromatic carbocycles. The van der Waals surface area contributed by atoms with Crippen molar-refractivity contribution in [2.24, 2.45) is 17.8 Å². The molecule has 1 N–H and O–H groups in total. The lowest BCUT2D eigenvalue weighted by atomic mass is 9.75. The molecule has 3 aliphatic rings. The quantitative estimate of drug-likeness (QED) is 0.649. The van der Waals surface area contributed by atoms with Crippen LogP contribution in [0.5, 0.6) is 0 Å². The largest absolute Gasteiger partial charge is 0.307 e. The number of aromatic amines is 1. The fourth-order valence-electron chi connectivity index (χ4n) is 5.05. The van der Waals surface area contributed by atoms with Crippen molar-refractivity contribution >= 4 is 28.8 Å². The molecule has 124 valence electrons. The number of thioether (sulfide) groups is 1. The summed E-state index contributed by atoms with van der Waals surface area (Å²) in [4.78, 5) is 26.9. The zero-order valence-corrected chi connectivity index (χ0v) is 14.4. The van der Waals surface area contributed by atoms with Crippen LogP contribution in [0.1, 0.15) is 35.6 Å². The average molecular weight is 360 g/mol. The second-order valence-corrected chi connectivity index (χ2v) is 9.23. The van der Waals surface area contributed by atoms with E-state index in [-0.39, 0.29) is 21.4 Å². The SMILES string of the molecule is O=c1[nH]c2c(s1)[C@H](c1cccc([N+](=O)[O-])c1)[C@H]1[C@@H]3CC[C@H](C3)[C@H]1S2. The first-order valence-corrected chi connectivity index (χ1v) is 9.95. The third-order valence-corrected chi connectivity index (χ3v) is 8.53. The summed E-state index contributed by atoms with van der Waals surface area (Å²) in [6, 6.07) is 7.01. The van der Waals surface area contributed by atoms with Crippen molar-refractivity contribution in [1.29, 1.82) is 0 Å². The fraction of sp³-hybridized carbons (Fsp3) is 0.471. The van der Waals surface area contributed by atoms with Crippen molar-refractivity contribution in [3.8, 4) is 0 Å². The molecule has 7 heteroatoms. The Balaban J connectivity index is 1.68. The van der Waals surface area contributed by atoms with E-state index in [2.05, 4.69) is 4.98 Å². The number of benzene rings is 1. The number of thiazole rings is 1. The molecule has 2 saturated carbocycles. The number of fused-ring (bicyclic) bond motifs is 6. The molecule has 2 heterocycles. The summed E-state index contributed by atoms with van der Waals surface area (Å²) in [5, 5.41) is 12.7. The average Bonchev–Trinajstić information content (AvgIpc) is 3.26. The molecule has 5 nitrogen and oxygen atoms in total. The molecule has 0 spiro atoms. The highest BCUT2D eigenvalue weighted by atomic mass is 32.2. The molecule has 2 aromatic rings. The van der Waals surface area contributed by atoms with Gasteiger partial charge in [-0.1, -0.05) is 23.5 Å². The van der Waals surface area contributed by atoms with Gasteiger partial charge in [-0.2, -0.15) is 0 Å². The molecule has 24 heavy (non-hydrogen) atoms. The second kappa shape index (κ2) is 5.20. The maximum absolute atomic E-state index is 11.9. The molecule has 5 atom stereocenters. The summed E-state index contributed by atoms with van der Waals surface area (Å²) in [7, 11) is 0. The number of non-ortho nitro benzene ring substituents is 1. The van der Waals surface area contributed by atoms with E-state index in [1.165, 1.54) is 30.6 Å². The van der Waals surface area contributed by atoms with Crippen LogP contribution in [0.15, 0.2) is 34.1 Å². The lowest BCUT2D eigenvalue weighted by molar-refractivity contribution is -0.384. The number of hydrogen-bond acceptors (Lipinski definition) is 5. The third-order valence-electron chi connectivity index (χ3n) is 5.91. The standard InChI is InChI=1S/C17H16N2O3S2/c20-17-18-16-15(24-17)13(8-2-1-3-11(7-8)19(21)22)12-9-4-5-10(6-9)14(12)23-16/h1-3,7,9-10,12-14H,4-6H2,(H,18,20)/t9-,10-,12-,13-,14-/m1/s1. The number of nitro benzene ring substituents is 1. The molecule has 0 saturated heterocycles. The molecule has 1 aliphatic heterocycles. The van der Waals surface area contributed by atoms with Gasteiger partial charge >= 0.3 is 4.87 Å². The van der Waals surface area contributed by atoms with Crippen LogP contribution in [0.25, 0.3) is 0 Å². The predicted octanol–water partition coefficient (Wildman–Crippen LogP) is 4.00. The molecule has 2 fully saturated rings. The van der Waals surface area contributed by atoms with Crippen LogP contribution in [-0.4, -0.2) is 15.2 Å². The Hall–Kier alpha value is -1.60. The van der Waals surface area contributed by atoms with Gasteiger partial charge in [0.1, 0.15) is 0 Å². The van der Waals surface area contributed by atoms with Crippen molar-refractivity contribution in [3.05, 3.63) is 54.5 Å². The molecule has 2 aliphatic carbocycles. The maximum atomic E-state index is 11.9. The Morgan fingerprint density at radius 3 is 2.92 bits per heavy atom. The third kappa shape index (κ3) is 2.04. The van der Waals surface area contributed by atoms with Gasteiger partial charge in [0.2, 0.25) is 0 Å². The van der Waals surface area contributed by atoms with Gasteiger partial charge in [-0.25, -0.2) is 0 Å². The van der Waals surface area contributed by atoms with Crippen LogP contribution >= 0.6 is 23.1 Å². The minimum Gasteiger partial charge on any atom is -0.307 e. The summed E-state index contributed by atoms with van der Waals surface area (Å²) in [6.45, 7) is 0. The van der Waals surface area contributed by atoms with Gasteiger partial charge in [-0.15, -0.1) is 11.8 Å². The lowest BCUT2D eigenvalue weighted by Crippen LogP contribution is -2.33. The normalized spacial score (nSPS) is 33.2. The van der Waals surface area contributed by atoms with Gasteiger partial charge in [0.05, 0.1) is 9.95 Å². The second-order valence-electron chi connectivity index (χ2n) is 7.03. The predicted molar refractivity (Wildman–Crippen MR) is 93.8 cm³/mol. The number of hydrogen-bond donors (Lipinski definition) is 1. The van der Waals surface area contributed by atoms with E-state index in [4.69, 9.17) is 0 Å². The Morgan fingerprint density at radius 2 is 2.08 bits per heavy atom. The van der Waals surface area contributed by atoms with Gasteiger partial charge in [-0.3, -0.25) is 14.9 Å². The molecule has 0 radical (unpaired) electrons. The summed E-state index contributed by atoms with van der Waals surface area (Å²) in [5.41, 5.74) is 1.12. The van der Waals surface area contributed by atoms with Gasteiger partial charge in [0.25, 0.3) is 5.69 Å². The minimum absolute atomic E-state index is 0.0183. The van der Waals surface area contributed by atoms with Crippen molar-refractivity contribution < 1.29 is 4.92 Å². The van der Waals surface area contributed by atoms with Crippen molar-refractivity contribution in [3.63, 3.8) is 0 Å². The summed E-state index contributed by atoms with van der Waals surface area (Å²) in [6.07, 6.45) is 3.81. The Morgan fingerprint density at radius 1 is 1.25 bits per heavy atom. The molecular weight excluding hydrogens is 344 g/mol. The number of nitro groups is 1. The summed E-state index contributed by atoms with van der Waals surface area (Å²) >= 11 is 3.12. The van der Waals surface area contributed by atoms with Crippen LogP contribution in [0.4, 0.5) is 5.69 Å². The van der Waals surface area contributed by atoms with E-state index in [1.807, 2.05) is 17.8 Å². The van der Waals surface area contributed by atoms with Gasteiger partial charge < -0.3 is 4.98 Å². The van der Waals surface area contributed by atoms with Crippen molar-refractivity contribution in [2.75, 3.05) is 0 Å². The first-order valence-electron chi connectivity index (χ1n) is 8.26. The number of nitrogens with zero attached hydrogens (tertiary/aromatic N) is 1. The van der Waals surface area contributed by atoms with Gasteiger partial charge in [-0.05, 0) is 42.6 Å². The zero-order chi connectivity index (χ0) is 16.4. The van der Waals surface area contributed by atoms with Crippen LogP contribution in [-0.2, 0) is 0 Å². The van der Waals surface area contributed by atoms with Crippen LogP contribution in [0, 0.1) is 27.9 Å². The summed E-state index contributed by atoms with van der Waals surface area (Å²) < 4.78 is 0. The van der Waals surface area contributed by atoms with E-state index in [0.29, 0.717) is 17.1 Å². The molecule has 0 amide bonds. The first kappa shape index (κ1) is 14.7. The lowest BCUT2D eigenvalue weighted by Gasteiger charge is -2.40.